The zero-order valence-corrected chi connectivity index (χ0v) is 10.7. The maximum Gasteiger partial charge on any atom is 0.173 e. The Bertz CT molecular complexity index is 387. The van der Waals surface area contributed by atoms with Crippen LogP contribution in [-0.2, 0) is 6.42 Å². The summed E-state index contributed by atoms with van der Waals surface area (Å²) in [6, 6.07) is 8.49. The highest BCUT2D eigenvalue weighted by molar-refractivity contribution is 7.80. The second-order valence-corrected chi connectivity index (χ2v) is 5.00. The molecule has 0 radical (unpaired) electrons. The largest absolute Gasteiger partial charge is 0.362 e. The molecule has 1 aromatic carbocycles. The molecule has 0 aromatic heterocycles. The van der Waals surface area contributed by atoms with Gasteiger partial charge in [-0.05, 0) is 36.2 Å². The van der Waals surface area contributed by atoms with Crippen LogP contribution < -0.4 is 10.2 Å². The molecule has 0 saturated heterocycles. The quantitative estimate of drug-likeness (QED) is 0.792. The van der Waals surface area contributed by atoms with Crippen LogP contribution in [0.4, 0.5) is 5.69 Å². The molecule has 0 spiro atoms. The van der Waals surface area contributed by atoms with Crippen molar-refractivity contribution in [3.63, 3.8) is 0 Å². The molecule has 0 atom stereocenters. The minimum atomic E-state index is 0.621. The summed E-state index contributed by atoms with van der Waals surface area (Å²) >= 11 is 5.42. The summed E-state index contributed by atoms with van der Waals surface area (Å²) in [4.78, 5) is 2.20. The molecule has 1 N–H and O–H groups in total. The molecule has 1 aliphatic heterocycles. The Balaban J connectivity index is 2.04. The second kappa shape index (κ2) is 4.83. The molecule has 1 heterocycles. The van der Waals surface area contributed by atoms with Crippen LogP contribution in [0.3, 0.4) is 0 Å². The van der Waals surface area contributed by atoms with E-state index < -0.39 is 0 Å². The fourth-order valence-corrected chi connectivity index (χ4v) is 2.21. The van der Waals surface area contributed by atoms with E-state index in [-0.39, 0.29) is 0 Å². The van der Waals surface area contributed by atoms with E-state index >= 15 is 0 Å². The molecule has 0 unspecified atom stereocenters. The van der Waals surface area contributed by atoms with Gasteiger partial charge in [0.25, 0.3) is 0 Å². The maximum absolute atomic E-state index is 5.42. The molecule has 16 heavy (non-hydrogen) atoms. The Hall–Kier alpha value is -1.09. The zero-order valence-electron chi connectivity index (χ0n) is 9.86. The Morgan fingerprint density at radius 1 is 1.44 bits per heavy atom. The van der Waals surface area contributed by atoms with Crippen LogP contribution in [0, 0.1) is 5.92 Å². The molecule has 0 amide bonds. The summed E-state index contributed by atoms with van der Waals surface area (Å²) in [5.41, 5.74) is 2.67. The summed E-state index contributed by atoms with van der Waals surface area (Å²) in [5, 5.41) is 4.18. The molecular formula is C13H18N2S. The van der Waals surface area contributed by atoms with Crippen LogP contribution in [0.25, 0.3) is 0 Å². The van der Waals surface area contributed by atoms with Crippen LogP contribution in [-0.4, -0.2) is 18.2 Å². The molecule has 2 nitrogen and oxygen atoms in total. The van der Waals surface area contributed by atoms with Gasteiger partial charge < -0.3 is 10.2 Å². The molecule has 0 saturated carbocycles. The summed E-state index contributed by atoms with van der Waals surface area (Å²) in [7, 11) is 0. The lowest BCUT2D eigenvalue weighted by molar-refractivity contribution is 0.624. The molecule has 3 heteroatoms. The number of para-hydroxylation sites is 1. The van der Waals surface area contributed by atoms with Gasteiger partial charge in [0, 0.05) is 18.8 Å². The molecule has 1 aromatic rings. The monoisotopic (exact) mass is 234 g/mol. The lowest BCUT2D eigenvalue weighted by atomic mass is 10.2. The Morgan fingerprint density at radius 2 is 2.19 bits per heavy atom. The molecule has 1 aliphatic rings. The van der Waals surface area contributed by atoms with Gasteiger partial charge in [0.15, 0.2) is 5.11 Å². The van der Waals surface area contributed by atoms with Gasteiger partial charge in [-0.15, -0.1) is 0 Å². The van der Waals surface area contributed by atoms with Crippen molar-refractivity contribution in [2.75, 3.05) is 18.0 Å². The second-order valence-electron chi connectivity index (χ2n) is 4.61. The third-order valence-corrected chi connectivity index (χ3v) is 3.16. The first-order chi connectivity index (χ1) is 7.68. The van der Waals surface area contributed by atoms with E-state index in [4.69, 9.17) is 12.2 Å². The average molecular weight is 234 g/mol. The van der Waals surface area contributed by atoms with Crippen molar-refractivity contribution >= 4 is 23.0 Å². The number of fused-ring (bicyclic) bond motifs is 1. The Kier molecular flexibility index (Phi) is 3.44. The molecule has 0 bridgehead atoms. The van der Waals surface area contributed by atoms with E-state index in [1.54, 1.807) is 0 Å². The van der Waals surface area contributed by atoms with Gasteiger partial charge in [-0.3, -0.25) is 0 Å². The van der Waals surface area contributed by atoms with Gasteiger partial charge in [-0.25, -0.2) is 0 Å². The van der Waals surface area contributed by atoms with Crippen molar-refractivity contribution < 1.29 is 0 Å². The topological polar surface area (TPSA) is 15.3 Å². The minimum Gasteiger partial charge on any atom is -0.362 e. The molecule has 0 fully saturated rings. The number of rotatable bonds is 2. The predicted octanol–water partition coefficient (Wildman–Crippen LogP) is 2.58. The predicted molar refractivity (Wildman–Crippen MR) is 72.9 cm³/mol. The first-order valence-corrected chi connectivity index (χ1v) is 6.22. The van der Waals surface area contributed by atoms with Crippen LogP contribution in [0.5, 0.6) is 0 Å². The highest BCUT2D eigenvalue weighted by atomic mass is 32.1. The molecular weight excluding hydrogens is 216 g/mol. The van der Waals surface area contributed by atoms with E-state index in [2.05, 4.69) is 48.3 Å². The third kappa shape index (κ3) is 2.35. The highest BCUT2D eigenvalue weighted by Crippen LogP contribution is 2.27. The van der Waals surface area contributed by atoms with Crippen molar-refractivity contribution in [1.82, 2.24) is 5.32 Å². The third-order valence-electron chi connectivity index (χ3n) is 2.79. The number of benzene rings is 1. The molecule has 2 rings (SSSR count). The minimum absolute atomic E-state index is 0.621. The van der Waals surface area contributed by atoms with Crippen molar-refractivity contribution in [3.8, 4) is 0 Å². The van der Waals surface area contributed by atoms with Crippen molar-refractivity contribution in [3.05, 3.63) is 29.8 Å². The lowest BCUT2D eigenvalue weighted by Gasteiger charge is -2.22. The number of hydrogen-bond donors (Lipinski definition) is 1. The Morgan fingerprint density at radius 3 is 2.94 bits per heavy atom. The maximum atomic E-state index is 5.42. The average Bonchev–Trinajstić information content (AvgIpc) is 2.69. The van der Waals surface area contributed by atoms with Crippen molar-refractivity contribution in [2.24, 2.45) is 5.92 Å². The van der Waals surface area contributed by atoms with Crippen LogP contribution in [0.15, 0.2) is 24.3 Å². The highest BCUT2D eigenvalue weighted by Gasteiger charge is 2.21. The molecule has 0 aliphatic carbocycles. The van der Waals surface area contributed by atoms with E-state index in [0.717, 1.165) is 24.6 Å². The zero-order chi connectivity index (χ0) is 11.5. The van der Waals surface area contributed by atoms with Gasteiger partial charge in [-0.1, -0.05) is 32.0 Å². The SMILES string of the molecule is CC(C)CNC(=S)N1CCc2ccccc21. The fourth-order valence-electron chi connectivity index (χ4n) is 1.94. The normalized spacial score (nSPS) is 14.1. The molecule has 86 valence electrons. The van der Waals surface area contributed by atoms with Crippen LogP contribution in [0.1, 0.15) is 19.4 Å². The van der Waals surface area contributed by atoms with E-state index in [1.807, 2.05) is 0 Å². The number of nitrogens with one attached hydrogen (secondary N) is 1. The first kappa shape index (κ1) is 11.4. The van der Waals surface area contributed by atoms with Crippen molar-refractivity contribution in [2.45, 2.75) is 20.3 Å². The standard InChI is InChI=1S/C13H18N2S/c1-10(2)9-14-13(16)15-8-7-11-5-3-4-6-12(11)15/h3-6,10H,7-9H2,1-2H3,(H,14,16). The summed E-state index contributed by atoms with van der Waals surface area (Å²) in [6.45, 7) is 6.32. The summed E-state index contributed by atoms with van der Waals surface area (Å²) in [5.74, 6) is 0.621. The van der Waals surface area contributed by atoms with Crippen molar-refractivity contribution in [1.29, 1.82) is 0 Å². The first-order valence-electron chi connectivity index (χ1n) is 5.81. The number of hydrogen-bond acceptors (Lipinski definition) is 1. The smallest absolute Gasteiger partial charge is 0.173 e. The fraction of sp³-hybridized carbons (Fsp3) is 0.462. The summed E-state index contributed by atoms with van der Waals surface area (Å²) in [6.07, 6.45) is 1.10. The van der Waals surface area contributed by atoms with Gasteiger partial charge in [0.1, 0.15) is 0 Å². The summed E-state index contributed by atoms with van der Waals surface area (Å²) < 4.78 is 0. The Labute approximate surface area is 103 Å². The number of nitrogens with zero attached hydrogens (tertiary/aromatic N) is 1. The number of anilines is 1. The van der Waals surface area contributed by atoms with Gasteiger partial charge in [0.2, 0.25) is 0 Å². The van der Waals surface area contributed by atoms with E-state index in [9.17, 15) is 0 Å². The van der Waals surface area contributed by atoms with Gasteiger partial charge in [0.05, 0.1) is 0 Å². The lowest BCUT2D eigenvalue weighted by Crippen LogP contribution is -2.40. The van der Waals surface area contributed by atoms with Gasteiger partial charge in [-0.2, -0.15) is 0 Å². The van der Waals surface area contributed by atoms with Crippen LogP contribution >= 0.6 is 12.2 Å². The number of thiocarbonyl (C=S) groups is 1. The van der Waals surface area contributed by atoms with E-state index in [0.29, 0.717) is 5.92 Å². The van der Waals surface area contributed by atoms with E-state index in [1.165, 1.54) is 11.3 Å². The van der Waals surface area contributed by atoms with Gasteiger partial charge >= 0.3 is 0 Å². The van der Waals surface area contributed by atoms with Crippen LogP contribution in [0.2, 0.25) is 0 Å².